The summed E-state index contributed by atoms with van der Waals surface area (Å²) in [6.45, 7) is 8.08. The summed E-state index contributed by atoms with van der Waals surface area (Å²) in [5.41, 5.74) is 0.860. The molecule has 1 rings (SSSR count). The number of carboxylic acid groups (broad SMARTS) is 1. The lowest BCUT2D eigenvalue weighted by atomic mass is 9.94. The van der Waals surface area contributed by atoms with Crippen molar-refractivity contribution in [3.05, 3.63) is 12.2 Å². The number of nitrogens with zero attached hydrogens (tertiary/aromatic N) is 1. The highest BCUT2D eigenvalue weighted by atomic mass is 16.4. The standard InChI is InChI=1S/C11H19NO2/c1-3-12-7-5-4-6-10(12)9(2)8-11(13)14/h10H,2-8H2,1H3,(H,13,14). The molecule has 0 aromatic rings. The average molecular weight is 197 g/mol. The van der Waals surface area contributed by atoms with Gasteiger partial charge in [-0.1, -0.05) is 19.9 Å². The van der Waals surface area contributed by atoms with E-state index in [9.17, 15) is 4.79 Å². The zero-order valence-corrected chi connectivity index (χ0v) is 8.83. The Balaban J connectivity index is 2.54. The van der Waals surface area contributed by atoms with E-state index in [0.717, 1.165) is 25.1 Å². The molecule has 0 spiro atoms. The molecule has 1 unspecified atom stereocenters. The number of hydrogen-bond acceptors (Lipinski definition) is 2. The molecule has 0 aromatic carbocycles. The monoisotopic (exact) mass is 197 g/mol. The molecule has 0 radical (unpaired) electrons. The third-order valence-electron chi connectivity index (χ3n) is 2.87. The third kappa shape index (κ3) is 2.84. The van der Waals surface area contributed by atoms with Crippen molar-refractivity contribution >= 4 is 5.97 Å². The highest BCUT2D eigenvalue weighted by Gasteiger charge is 2.24. The summed E-state index contributed by atoms with van der Waals surface area (Å²) < 4.78 is 0. The van der Waals surface area contributed by atoms with Crippen molar-refractivity contribution in [1.29, 1.82) is 0 Å². The Morgan fingerprint density at radius 1 is 1.57 bits per heavy atom. The van der Waals surface area contributed by atoms with Crippen molar-refractivity contribution in [3.8, 4) is 0 Å². The molecule has 3 nitrogen and oxygen atoms in total. The van der Waals surface area contributed by atoms with Crippen LogP contribution >= 0.6 is 0 Å². The number of likely N-dealkylation sites (tertiary alicyclic amines) is 1. The summed E-state index contributed by atoms with van der Waals surface area (Å²) in [4.78, 5) is 12.9. The van der Waals surface area contributed by atoms with Gasteiger partial charge in [0.1, 0.15) is 0 Å². The fourth-order valence-corrected chi connectivity index (χ4v) is 2.14. The molecule has 1 heterocycles. The van der Waals surface area contributed by atoms with Crippen LogP contribution in [0.25, 0.3) is 0 Å². The second-order valence-corrected chi connectivity index (χ2v) is 3.87. The summed E-state index contributed by atoms with van der Waals surface area (Å²) in [7, 11) is 0. The van der Waals surface area contributed by atoms with Crippen LogP contribution in [0, 0.1) is 0 Å². The van der Waals surface area contributed by atoms with Crippen LogP contribution in [0.1, 0.15) is 32.6 Å². The smallest absolute Gasteiger partial charge is 0.307 e. The van der Waals surface area contributed by atoms with Crippen LogP contribution in [0.5, 0.6) is 0 Å². The van der Waals surface area contributed by atoms with Gasteiger partial charge in [0.05, 0.1) is 6.42 Å². The Morgan fingerprint density at radius 3 is 2.86 bits per heavy atom. The highest BCUT2D eigenvalue weighted by molar-refractivity contribution is 5.70. The molecule has 0 bridgehead atoms. The maximum absolute atomic E-state index is 10.6. The lowest BCUT2D eigenvalue weighted by Gasteiger charge is -2.35. The first kappa shape index (κ1) is 11.2. The molecule has 1 aliphatic heterocycles. The zero-order valence-electron chi connectivity index (χ0n) is 8.83. The van der Waals surface area contributed by atoms with E-state index in [1.54, 1.807) is 0 Å². The van der Waals surface area contributed by atoms with Crippen LogP contribution in [0.4, 0.5) is 0 Å². The first-order chi connectivity index (χ1) is 6.65. The number of carbonyl (C=O) groups is 1. The van der Waals surface area contributed by atoms with Gasteiger partial charge in [0, 0.05) is 6.04 Å². The number of hydrogen-bond donors (Lipinski definition) is 1. The molecule has 0 aliphatic carbocycles. The van der Waals surface area contributed by atoms with Gasteiger partial charge < -0.3 is 5.11 Å². The molecule has 0 aromatic heterocycles. The number of aliphatic carboxylic acids is 1. The Kier molecular flexibility index (Phi) is 4.14. The molecule has 3 heteroatoms. The predicted molar refractivity (Wildman–Crippen MR) is 56.3 cm³/mol. The van der Waals surface area contributed by atoms with Crippen LogP contribution in [-0.4, -0.2) is 35.1 Å². The van der Waals surface area contributed by atoms with Crippen LogP contribution < -0.4 is 0 Å². The van der Waals surface area contributed by atoms with Crippen LogP contribution in [0.3, 0.4) is 0 Å². The topological polar surface area (TPSA) is 40.5 Å². The Morgan fingerprint density at radius 2 is 2.29 bits per heavy atom. The predicted octanol–water partition coefficient (Wildman–Crippen LogP) is 1.89. The number of piperidine rings is 1. The zero-order chi connectivity index (χ0) is 10.6. The largest absolute Gasteiger partial charge is 0.481 e. The molecule has 14 heavy (non-hydrogen) atoms. The van der Waals surface area contributed by atoms with Crippen molar-refractivity contribution in [2.45, 2.75) is 38.6 Å². The molecular weight excluding hydrogens is 178 g/mol. The summed E-state index contributed by atoms with van der Waals surface area (Å²) >= 11 is 0. The van der Waals surface area contributed by atoms with Crippen molar-refractivity contribution < 1.29 is 9.90 Å². The van der Waals surface area contributed by atoms with Gasteiger partial charge in [-0.2, -0.15) is 0 Å². The quantitative estimate of drug-likeness (QED) is 0.700. The minimum absolute atomic E-state index is 0.112. The van der Waals surface area contributed by atoms with E-state index in [4.69, 9.17) is 5.11 Å². The van der Waals surface area contributed by atoms with Gasteiger partial charge >= 0.3 is 5.97 Å². The molecule has 1 aliphatic rings. The van der Waals surface area contributed by atoms with E-state index in [-0.39, 0.29) is 6.42 Å². The van der Waals surface area contributed by atoms with Crippen molar-refractivity contribution in [2.24, 2.45) is 0 Å². The maximum atomic E-state index is 10.6. The second kappa shape index (κ2) is 5.15. The first-order valence-electron chi connectivity index (χ1n) is 5.28. The lowest BCUT2D eigenvalue weighted by Crippen LogP contribution is -2.40. The Hall–Kier alpha value is -0.830. The lowest BCUT2D eigenvalue weighted by molar-refractivity contribution is -0.136. The molecule has 1 fully saturated rings. The van der Waals surface area contributed by atoms with E-state index < -0.39 is 5.97 Å². The molecular formula is C11H19NO2. The molecule has 80 valence electrons. The number of carboxylic acids is 1. The first-order valence-corrected chi connectivity index (χ1v) is 5.28. The summed E-state index contributed by atoms with van der Waals surface area (Å²) in [6.07, 6.45) is 3.60. The second-order valence-electron chi connectivity index (χ2n) is 3.87. The SMILES string of the molecule is C=C(CC(=O)O)C1CCCCN1CC. The van der Waals surface area contributed by atoms with Gasteiger partial charge in [-0.3, -0.25) is 9.69 Å². The fourth-order valence-electron chi connectivity index (χ4n) is 2.14. The van der Waals surface area contributed by atoms with Crippen LogP contribution in [0.15, 0.2) is 12.2 Å². The van der Waals surface area contributed by atoms with Gasteiger partial charge in [-0.05, 0) is 31.5 Å². The number of rotatable bonds is 4. The molecule has 1 atom stereocenters. The molecule has 0 amide bonds. The Bertz CT molecular complexity index is 225. The fraction of sp³-hybridized carbons (Fsp3) is 0.727. The summed E-state index contributed by atoms with van der Waals surface area (Å²) in [5.74, 6) is -0.767. The highest BCUT2D eigenvalue weighted by Crippen LogP contribution is 2.23. The van der Waals surface area contributed by atoms with Crippen molar-refractivity contribution in [1.82, 2.24) is 4.90 Å². The maximum Gasteiger partial charge on any atom is 0.307 e. The summed E-state index contributed by atoms with van der Waals surface area (Å²) in [5, 5.41) is 8.69. The molecule has 0 saturated carbocycles. The van der Waals surface area contributed by atoms with Gasteiger partial charge in [0.2, 0.25) is 0 Å². The minimum Gasteiger partial charge on any atom is -0.481 e. The number of likely N-dealkylation sites (N-methyl/N-ethyl adjacent to an activating group) is 1. The van der Waals surface area contributed by atoms with E-state index >= 15 is 0 Å². The minimum atomic E-state index is -0.767. The Labute approximate surface area is 85.4 Å². The average Bonchev–Trinajstić information content (AvgIpc) is 2.16. The van der Waals surface area contributed by atoms with Gasteiger partial charge in [0.25, 0.3) is 0 Å². The van der Waals surface area contributed by atoms with Gasteiger partial charge in [0.15, 0.2) is 0 Å². The summed E-state index contributed by atoms with van der Waals surface area (Å²) in [6, 6.07) is 0.296. The third-order valence-corrected chi connectivity index (χ3v) is 2.87. The van der Waals surface area contributed by atoms with Gasteiger partial charge in [-0.25, -0.2) is 0 Å². The van der Waals surface area contributed by atoms with E-state index in [1.807, 2.05) is 0 Å². The molecule has 1 saturated heterocycles. The van der Waals surface area contributed by atoms with E-state index in [2.05, 4.69) is 18.4 Å². The van der Waals surface area contributed by atoms with E-state index in [0.29, 0.717) is 6.04 Å². The normalized spacial score (nSPS) is 23.4. The van der Waals surface area contributed by atoms with Crippen LogP contribution in [0.2, 0.25) is 0 Å². The molecule has 1 N–H and O–H groups in total. The van der Waals surface area contributed by atoms with Crippen LogP contribution in [-0.2, 0) is 4.79 Å². The van der Waals surface area contributed by atoms with Crippen molar-refractivity contribution in [2.75, 3.05) is 13.1 Å². The van der Waals surface area contributed by atoms with Crippen molar-refractivity contribution in [3.63, 3.8) is 0 Å². The van der Waals surface area contributed by atoms with Gasteiger partial charge in [-0.15, -0.1) is 0 Å². The van der Waals surface area contributed by atoms with E-state index in [1.165, 1.54) is 12.8 Å².